The van der Waals surface area contributed by atoms with Crippen molar-refractivity contribution in [2.45, 2.75) is 34.8 Å². The van der Waals surface area contributed by atoms with Gasteiger partial charge in [0, 0.05) is 18.0 Å². The molecule has 0 bridgehead atoms. The summed E-state index contributed by atoms with van der Waals surface area (Å²) in [5.74, 6) is 1.41. The van der Waals surface area contributed by atoms with Gasteiger partial charge in [-0.15, -0.1) is 0 Å². The molecule has 1 aromatic heterocycles. The Morgan fingerprint density at radius 3 is 2.35 bits per heavy atom. The Bertz CT molecular complexity index is 546. The number of aromatic nitrogens is 2. The van der Waals surface area contributed by atoms with Crippen molar-refractivity contribution in [1.82, 2.24) is 9.97 Å². The van der Waals surface area contributed by atoms with Crippen LogP contribution < -0.4 is 5.32 Å². The lowest BCUT2D eigenvalue weighted by Crippen LogP contribution is -1.96. The van der Waals surface area contributed by atoms with Crippen molar-refractivity contribution in [3.63, 3.8) is 0 Å². The first kappa shape index (κ1) is 15.2. The first-order valence-electron chi connectivity index (χ1n) is 6.51. The molecule has 0 atom stereocenters. The number of hydrogen-bond acceptors (Lipinski definition) is 5. The van der Waals surface area contributed by atoms with E-state index < -0.39 is 0 Å². The molecule has 0 spiro atoms. The van der Waals surface area contributed by atoms with E-state index in [-0.39, 0.29) is 0 Å². The highest BCUT2D eigenvalue weighted by Crippen LogP contribution is 2.29. The van der Waals surface area contributed by atoms with E-state index in [9.17, 15) is 0 Å². The van der Waals surface area contributed by atoms with Crippen molar-refractivity contribution in [1.29, 1.82) is 0 Å². The van der Waals surface area contributed by atoms with E-state index in [1.807, 2.05) is 19.4 Å². The van der Waals surface area contributed by atoms with Gasteiger partial charge in [-0.05, 0) is 29.9 Å². The van der Waals surface area contributed by atoms with Crippen molar-refractivity contribution in [3.05, 3.63) is 35.9 Å². The van der Waals surface area contributed by atoms with Crippen molar-refractivity contribution in [2.24, 2.45) is 0 Å². The van der Waals surface area contributed by atoms with Gasteiger partial charge < -0.3 is 5.32 Å². The highest BCUT2D eigenvalue weighted by atomic mass is 32.2. The maximum absolute atomic E-state index is 4.53. The standard InChI is InChI=1S/C15H19N3S2/c1-10(2)11-5-7-12(8-6-11)20-14-9-13(16-3)17-15(18-14)19-4/h5-10H,1-4H3,(H,16,17,18). The normalized spacial score (nSPS) is 10.8. The maximum Gasteiger partial charge on any atom is 0.190 e. The zero-order valence-electron chi connectivity index (χ0n) is 12.2. The molecule has 0 amide bonds. The van der Waals surface area contributed by atoms with E-state index in [4.69, 9.17) is 0 Å². The number of rotatable bonds is 5. The van der Waals surface area contributed by atoms with Crippen LogP contribution in [0.5, 0.6) is 0 Å². The van der Waals surface area contributed by atoms with Crippen molar-refractivity contribution < 1.29 is 0 Å². The van der Waals surface area contributed by atoms with Gasteiger partial charge in [0.25, 0.3) is 0 Å². The average Bonchev–Trinajstić information content (AvgIpc) is 2.47. The molecule has 0 saturated heterocycles. The summed E-state index contributed by atoms with van der Waals surface area (Å²) in [6.07, 6.45) is 1.99. The third kappa shape index (κ3) is 3.90. The fourth-order valence-corrected chi connectivity index (χ4v) is 2.97. The predicted molar refractivity (Wildman–Crippen MR) is 88.0 cm³/mol. The summed E-state index contributed by atoms with van der Waals surface area (Å²) < 4.78 is 0. The van der Waals surface area contributed by atoms with Gasteiger partial charge in [-0.2, -0.15) is 0 Å². The lowest BCUT2D eigenvalue weighted by molar-refractivity contribution is 0.864. The van der Waals surface area contributed by atoms with Crippen molar-refractivity contribution in [2.75, 3.05) is 18.6 Å². The monoisotopic (exact) mass is 305 g/mol. The minimum Gasteiger partial charge on any atom is -0.373 e. The lowest BCUT2D eigenvalue weighted by Gasteiger charge is -2.08. The van der Waals surface area contributed by atoms with Gasteiger partial charge in [-0.1, -0.05) is 49.5 Å². The van der Waals surface area contributed by atoms with Gasteiger partial charge in [-0.3, -0.25) is 0 Å². The number of benzene rings is 1. The highest BCUT2D eigenvalue weighted by Gasteiger charge is 2.06. The maximum atomic E-state index is 4.53. The Morgan fingerprint density at radius 2 is 1.80 bits per heavy atom. The van der Waals surface area contributed by atoms with Gasteiger partial charge in [0.05, 0.1) is 0 Å². The molecular formula is C15H19N3S2. The van der Waals surface area contributed by atoms with Crippen LogP contribution in [0.3, 0.4) is 0 Å². The van der Waals surface area contributed by atoms with Crippen LogP contribution in [0.2, 0.25) is 0 Å². The fourth-order valence-electron chi connectivity index (χ4n) is 1.72. The molecule has 0 fully saturated rings. The van der Waals surface area contributed by atoms with E-state index >= 15 is 0 Å². The summed E-state index contributed by atoms with van der Waals surface area (Å²) in [6.45, 7) is 4.41. The Morgan fingerprint density at radius 1 is 1.10 bits per heavy atom. The Labute approximate surface area is 129 Å². The van der Waals surface area contributed by atoms with E-state index in [1.54, 1.807) is 23.5 Å². The quantitative estimate of drug-likeness (QED) is 0.499. The Kier molecular flexibility index (Phi) is 5.31. The first-order valence-corrected chi connectivity index (χ1v) is 8.55. The van der Waals surface area contributed by atoms with E-state index in [2.05, 4.69) is 53.4 Å². The number of nitrogens with zero attached hydrogens (tertiary/aromatic N) is 2. The summed E-state index contributed by atoms with van der Waals surface area (Å²) in [6, 6.07) is 10.6. The van der Waals surface area contributed by atoms with Crippen LogP contribution in [-0.4, -0.2) is 23.3 Å². The number of nitrogens with one attached hydrogen (secondary N) is 1. The summed E-state index contributed by atoms with van der Waals surface area (Å²) in [5, 5.41) is 4.83. The summed E-state index contributed by atoms with van der Waals surface area (Å²) in [4.78, 5) is 10.1. The minimum absolute atomic E-state index is 0.562. The molecule has 0 aliphatic heterocycles. The number of anilines is 1. The molecule has 0 saturated carbocycles. The van der Waals surface area contributed by atoms with Crippen molar-refractivity contribution >= 4 is 29.3 Å². The molecule has 0 unspecified atom stereocenters. The second kappa shape index (κ2) is 6.99. The third-order valence-electron chi connectivity index (χ3n) is 2.89. The Hall–Kier alpha value is -1.20. The molecule has 3 nitrogen and oxygen atoms in total. The minimum atomic E-state index is 0.562. The molecule has 1 aromatic carbocycles. The topological polar surface area (TPSA) is 37.8 Å². The molecule has 106 valence electrons. The summed E-state index contributed by atoms with van der Waals surface area (Å²) in [5.41, 5.74) is 1.36. The molecule has 1 heterocycles. The third-order valence-corrected chi connectivity index (χ3v) is 4.36. The zero-order valence-corrected chi connectivity index (χ0v) is 13.8. The van der Waals surface area contributed by atoms with Gasteiger partial charge in [0.1, 0.15) is 10.8 Å². The molecule has 1 N–H and O–H groups in total. The second-order valence-corrected chi connectivity index (χ2v) is 6.52. The molecule has 20 heavy (non-hydrogen) atoms. The largest absolute Gasteiger partial charge is 0.373 e. The predicted octanol–water partition coefficient (Wildman–Crippen LogP) is 4.51. The van der Waals surface area contributed by atoms with E-state index in [1.165, 1.54) is 10.5 Å². The van der Waals surface area contributed by atoms with Gasteiger partial charge in [0.2, 0.25) is 0 Å². The van der Waals surface area contributed by atoms with Crippen LogP contribution in [0.4, 0.5) is 5.82 Å². The molecular weight excluding hydrogens is 286 g/mol. The lowest BCUT2D eigenvalue weighted by atomic mass is 10.0. The van der Waals surface area contributed by atoms with E-state index in [0.29, 0.717) is 5.92 Å². The van der Waals surface area contributed by atoms with Crippen LogP contribution in [0, 0.1) is 0 Å². The molecule has 0 aliphatic rings. The molecule has 0 radical (unpaired) electrons. The smallest absolute Gasteiger partial charge is 0.190 e. The summed E-state index contributed by atoms with van der Waals surface area (Å²) >= 11 is 3.22. The second-order valence-electron chi connectivity index (χ2n) is 4.65. The zero-order chi connectivity index (χ0) is 14.5. The molecule has 5 heteroatoms. The summed E-state index contributed by atoms with van der Waals surface area (Å²) in [7, 11) is 1.87. The van der Waals surface area contributed by atoms with Crippen molar-refractivity contribution in [3.8, 4) is 0 Å². The van der Waals surface area contributed by atoms with Crippen LogP contribution >= 0.6 is 23.5 Å². The number of hydrogen-bond donors (Lipinski definition) is 1. The van der Waals surface area contributed by atoms with Crippen LogP contribution in [0.15, 0.2) is 45.4 Å². The fraction of sp³-hybridized carbons (Fsp3) is 0.333. The number of thioether (sulfide) groups is 1. The van der Waals surface area contributed by atoms with Crippen LogP contribution in [-0.2, 0) is 0 Å². The Balaban J connectivity index is 2.20. The first-order chi connectivity index (χ1) is 9.62. The highest BCUT2D eigenvalue weighted by molar-refractivity contribution is 7.99. The SMILES string of the molecule is CNc1cc(Sc2ccc(C(C)C)cc2)nc(SC)n1. The van der Waals surface area contributed by atoms with E-state index in [0.717, 1.165) is 16.0 Å². The molecule has 0 aliphatic carbocycles. The van der Waals surface area contributed by atoms with Gasteiger partial charge in [-0.25, -0.2) is 9.97 Å². The van der Waals surface area contributed by atoms with Gasteiger partial charge >= 0.3 is 0 Å². The van der Waals surface area contributed by atoms with Gasteiger partial charge in [0.15, 0.2) is 5.16 Å². The average molecular weight is 305 g/mol. The molecule has 2 aromatic rings. The molecule has 2 rings (SSSR count). The van der Waals surface area contributed by atoms with Crippen LogP contribution in [0.25, 0.3) is 0 Å². The van der Waals surface area contributed by atoms with Crippen LogP contribution in [0.1, 0.15) is 25.3 Å².